The van der Waals surface area contributed by atoms with Crippen molar-refractivity contribution >= 4 is 17.6 Å². The van der Waals surface area contributed by atoms with Crippen LogP contribution in [-0.4, -0.2) is 47.2 Å². The summed E-state index contributed by atoms with van der Waals surface area (Å²) < 4.78 is 19.6. The van der Waals surface area contributed by atoms with Crippen molar-refractivity contribution in [2.24, 2.45) is 0 Å². The third-order valence-corrected chi connectivity index (χ3v) is 5.64. The standard InChI is InChI=1S/C24H28FN5O2/c1-17-16-18(10-11-21(17)27-22(31)19-8-3-4-9-20(19)25)23-28-29-24(32-23)26-12-7-15-30-13-5-2-6-14-30/h3-4,8-11,16H,2,5-7,12-15H2,1H3,(H,26,29)(H,27,31). The van der Waals surface area contributed by atoms with Gasteiger partial charge in [-0.25, -0.2) is 4.39 Å². The molecule has 1 fully saturated rings. The second-order valence-corrected chi connectivity index (χ2v) is 8.06. The van der Waals surface area contributed by atoms with E-state index >= 15 is 0 Å². The number of benzene rings is 2. The van der Waals surface area contributed by atoms with Gasteiger partial charge in [-0.3, -0.25) is 4.79 Å². The van der Waals surface area contributed by atoms with Gasteiger partial charge in [-0.2, -0.15) is 0 Å². The van der Waals surface area contributed by atoms with E-state index in [1.54, 1.807) is 24.3 Å². The van der Waals surface area contributed by atoms with Crippen LogP contribution in [-0.2, 0) is 0 Å². The molecule has 2 N–H and O–H groups in total. The lowest BCUT2D eigenvalue weighted by molar-refractivity contribution is 0.102. The van der Waals surface area contributed by atoms with Crippen molar-refractivity contribution in [3.8, 4) is 11.5 Å². The minimum atomic E-state index is -0.555. The summed E-state index contributed by atoms with van der Waals surface area (Å²) >= 11 is 0. The van der Waals surface area contributed by atoms with E-state index in [2.05, 4.69) is 25.7 Å². The third-order valence-electron chi connectivity index (χ3n) is 5.64. The molecule has 0 spiro atoms. The average molecular weight is 438 g/mol. The Morgan fingerprint density at radius 3 is 2.72 bits per heavy atom. The van der Waals surface area contributed by atoms with Gasteiger partial charge in [-0.1, -0.05) is 23.7 Å². The number of carbonyl (C=O) groups excluding carboxylic acids is 1. The zero-order valence-corrected chi connectivity index (χ0v) is 18.2. The number of amides is 1. The molecule has 3 aromatic rings. The van der Waals surface area contributed by atoms with E-state index in [1.165, 1.54) is 44.5 Å². The van der Waals surface area contributed by atoms with E-state index < -0.39 is 11.7 Å². The van der Waals surface area contributed by atoms with E-state index in [-0.39, 0.29) is 5.56 Å². The van der Waals surface area contributed by atoms with Crippen LogP contribution in [0.1, 0.15) is 41.6 Å². The van der Waals surface area contributed by atoms with Crippen molar-refractivity contribution in [3.63, 3.8) is 0 Å². The summed E-state index contributed by atoms with van der Waals surface area (Å²) in [5.41, 5.74) is 2.16. The summed E-state index contributed by atoms with van der Waals surface area (Å²) in [5.74, 6) is -0.646. The topological polar surface area (TPSA) is 83.3 Å². The molecule has 2 aromatic carbocycles. The Hall–Kier alpha value is -3.26. The Kier molecular flexibility index (Phi) is 7.11. The predicted molar refractivity (Wildman–Crippen MR) is 122 cm³/mol. The summed E-state index contributed by atoms with van der Waals surface area (Å²) in [5, 5.41) is 14.1. The normalized spacial score (nSPS) is 14.3. The lowest BCUT2D eigenvalue weighted by Gasteiger charge is -2.26. The Morgan fingerprint density at radius 1 is 1.12 bits per heavy atom. The first kappa shape index (κ1) is 22.0. The molecule has 1 aromatic heterocycles. The third kappa shape index (κ3) is 5.50. The van der Waals surface area contributed by atoms with Crippen molar-refractivity contribution in [1.82, 2.24) is 15.1 Å². The number of nitrogens with one attached hydrogen (secondary N) is 2. The van der Waals surface area contributed by atoms with Crippen LogP contribution in [0.25, 0.3) is 11.5 Å². The molecule has 32 heavy (non-hydrogen) atoms. The molecule has 0 radical (unpaired) electrons. The van der Waals surface area contributed by atoms with Crippen molar-refractivity contribution in [1.29, 1.82) is 0 Å². The predicted octanol–water partition coefficient (Wildman–Crippen LogP) is 4.72. The summed E-state index contributed by atoms with van der Waals surface area (Å²) in [6, 6.07) is 11.7. The minimum Gasteiger partial charge on any atom is -0.403 e. The number of hydrogen-bond donors (Lipinski definition) is 2. The largest absolute Gasteiger partial charge is 0.403 e. The number of halogens is 1. The first-order valence-electron chi connectivity index (χ1n) is 11.1. The number of aromatic nitrogens is 2. The summed E-state index contributed by atoms with van der Waals surface area (Å²) in [6.45, 7) is 6.10. The van der Waals surface area contributed by atoms with Gasteiger partial charge >= 0.3 is 6.01 Å². The van der Waals surface area contributed by atoms with Crippen molar-refractivity contribution in [2.45, 2.75) is 32.6 Å². The van der Waals surface area contributed by atoms with Crippen molar-refractivity contribution in [3.05, 3.63) is 59.4 Å². The van der Waals surface area contributed by atoms with Crippen LogP contribution >= 0.6 is 0 Å². The number of carbonyl (C=O) groups is 1. The Labute approximate surface area is 187 Å². The van der Waals surface area contributed by atoms with E-state index in [1.807, 2.05) is 13.0 Å². The highest BCUT2D eigenvalue weighted by Gasteiger charge is 2.14. The number of aryl methyl sites for hydroxylation is 1. The quantitative estimate of drug-likeness (QED) is 0.496. The summed E-state index contributed by atoms with van der Waals surface area (Å²) in [6.07, 6.45) is 4.96. The van der Waals surface area contributed by atoms with Gasteiger partial charge in [0.05, 0.1) is 5.56 Å². The lowest BCUT2D eigenvalue weighted by Crippen LogP contribution is -2.31. The fraction of sp³-hybridized carbons (Fsp3) is 0.375. The molecule has 0 aliphatic carbocycles. The second-order valence-electron chi connectivity index (χ2n) is 8.06. The SMILES string of the molecule is Cc1cc(-c2nnc(NCCCN3CCCCC3)o2)ccc1NC(=O)c1ccccc1F. The van der Waals surface area contributed by atoms with Crippen LogP contribution in [0.2, 0.25) is 0 Å². The maximum absolute atomic E-state index is 13.8. The number of rotatable bonds is 8. The minimum absolute atomic E-state index is 0.00359. The van der Waals surface area contributed by atoms with Crippen LogP contribution in [0.15, 0.2) is 46.9 Å². The van der Waals surface area contributed by atoms with Crippen LogP contribution in [0.3, 0.4) is 0 Å². The molecule has 4 rings (SSSR count). The van der Waals surface area contributed by atoms with Gasteiger partial charge in [0.2, 0.25) is 5.89 Å². The van der Waals surface area contributed by atoms with Gasteiger partial charge in [0.25, 0.3) is 5.91 Å². The average Bonchev–Trinajstić information content (AvgIpc) is 3.28. The van der Waals surface area contributed by atoms with Gasteiger partial charge in [0.1, 0.15) is 5.82 Å². The highest BCUT2D eigenvalue weighted by Crippen LogP contribution is 2.25. The number of hydrogen-bond acceptors (Lipinski definition) is 6. The van der Waals surface area contributed by atoms with Gasteiger partial charge in [-0.05, 0) is 81.7 Å². The molecule has 1 aliphatic rings. The molecular weight excluding hydrogens is 409 g/mol. The van der Waals surface area contributed by atoms with E-state index in [0.29, 0.717) is 17.6 Å². The smallest absolute Gasteiger partial charge is 0.315 e. The van der Waals surface area contributed by atoms with E-state index in [9.17, 15) is 9.18 Å². The zero-order chi connectivity index (χ0) is 22.3. The first-order chi connectivity index (χ1) is 15.6. The maximum Gasteiger partial charge on any atom is 0.315 e. The number of nitrogens with zero attached hydrogens (tertiary/aromatic N) is 3. The van der Waals surface area contributed by atoms with Crippen molar-refractivity contribution in [2.75, 3.05) is 36.8 Å². The molecule has 1 aliphatic heterocycles. The number of piperidine rings is 1. The molecule has 0 bridgehead atoms. The van der Waals surface area contributed by atoms with Crippen molar-refractivity contribution < 1.29 is 13.6 Å². The van der Waals surface area contributed by atoms with E-state index in [4.69, 9.17) is 4.42 Å². The molecule has 7 nitrogen and oxygen atoms in total. The fourth-order valence-corrected chi connectivity index (χ4v) is 3.86. The molecule has 0 saturated carbocycles. The number of anilines is 2. The molecular formula is C24H28FN5O2. The highest BCUT2D eigenvalue weighted by molar-refractivity contribution is 6.04. The maximum atomic E-state index is 13.8. The first-order valence-corrected chi connectivity index (χ1v) is 11.1. The molecule has 0 atom stereocenters. The number of likely N-dealkylation sites (tertiary alicyclic amines) is 1. The van der Waals surface area contributed by atoms with Crippen LogP contribution < -0.4 is 10.6 Å². The molecule has 1 amide bonds. The zero-order valence-electron chi connectivity index (χ0n) is 18.2. The lowest BCUT2D eigenvalue weighted by atomic mass is 10.1. The summed E-state index contributed by atoms with van der Waals surface area (Å²) in [7, 11) is 0. The van der Waals surface area contributed by atoms with Crippen LogP contribution in [0.4, 0.5) is 16.1 Å². The molecule has 0 unspecified atom stereocenters. The summed E-state index contributed by atoms with van der Waals surface area (Å²) in [4.78, 5) is 14.9. The van der Waals surface area contributed by atoms with Gasteiger partial charge in [0, 0.05) is 17.8 Å². The van der Waals surface area contributed by atoms with E-state index in [0.717, 1.165) is 30.6 Å². The molecule has 1 saturated heterocycles. The Balaban J connectivity index is 1.32. The molecule has 168 valence electrons. The van der Waals surface area contributed by atoms with Crippen LogP contribution in [0, 0.1) is 12.7 Å². The van der Waals surface area contributed by atoms with Gasteiger partial charge < -0.3 is 20.0 Å². The monoisotopic (exact) mass is 437 g/mol. The molecule has 2 heterocycles. The second kappa shape index (κ2) is 10.4. The van der Waals surface area contributed by atoms with Gasteiger partial charge in [-0.15, -0.1) is 5.10 Å². The molecule has 8 heteroatoms. The fourth-order valence-electron chi connectivity index (χ4n) is 3.86. The van der Waals surface area contributed by atoms with Crippen LogP contribution in [0.5, 0.6) is 0 Å². The van der Waals surface area contributed by atoms with Gasteiger partial charge in [0.15, 0.2) is 0 Å². The Morgan fingerprint density at radius 2 is 1.94 bits per heavy atom. The highest BCUT2D eigenvalue weighted by atomic mass is 19.1. The Bertz CT molecular complexity index is 1060.